The third-order valence-corrected chi connectivity index (χ3v) is 5.20. The van der Waals surface area contributed by atoms with Crippen LogP contribution in [0.4, 0.5) is 0 Å². The highest BCUT2D eigenvalue weighted by atomic mass is 16.3. The summed E-state index contributed by atoms with van der Waals surface area (Å²) in [5.41, 5.74) is 3.29. The number of benzene rings is 1. The van der Waals surface area contributed by atoms with E-state index in [0.29, 0.717) is 12.6 Å². The van der Waals surface area contributed by atoms with E-state index >= 15 is 0 Å². The Labute approximate surface area is 154 Å². The van der Waals surface area contributed by atoms with Crippen LogP contribution in [0, 0.1) is 5.92 Å². The van der Waals surface area contributed by atoms with Crippen molar-refractivity contribution in [1.29, 1.82) is 0 Å². The molecule has 0 amide bonds. The van der Waals surface area contributed by atoms with Gasteiger partial charge in [-0.05, 0) is 32.4 Å². The van der Waals surface area contributed by atoms with Crippen LogP contribution in [-0.4, -0.2) is 44.0 Å². The summed E-state index contributed by atoms with van der Waals surface area (Å²) in [5.74, 6) is 0.226. The number of para-hydroxylation sites is 1. The zero-order valence-corrected chi connectivity index (χ0v) is 15.4. The Kier molecular flexibility index (Phi) is 4.74. The second-order valence-corrected chi connectivity index (χ2v) is 7.64. The van der Waals surface area contributed by atoms with Crippen molar-refractivity contribution < 1.29 is 5.11 Å². The molecule has 136 valence electrons. The number of pyridine rings is 1. The van der Waals surface area contributed by atoms with Gasteiger partial charge in [-0.1, -0.05) is 24.3 Å². The van der Waals surface area contributed by atoms with Crippen LogP contribution in [0.2, 0.25) is 0 Å². The molecule has 1 aromatic carbocycles. The lowest BCUT2D eigenvalue weighted by atomic mass is 9.99. The van der Waals surface area contributed by atoms with Crippen LogP contribution >= 0.6 is 0 Å². The number of aromatic nitrogens is 3. The number of hydrogen-bond donors (Lipinski definition) is 1. The Morgan fingerprint density at radius 2 is 2.00 bits per heavy atom. The SMILES string of the molecule is CC(C)n1cc(CN2C[C@@H](Cc3ccc4ccccc4n3)[C@H](O)C2)cn1. The highest BCUT2D eigenvalue weighted by molar-refractivity contribution is 5.78. The molecular weight excluding hydrogens is 324 g/mol. The van der Waals surface area contributed by atoms with Crippen LogP contribution in [0.15, 0.2) is 48.8 Å². The first kappa shape index (κ1) is 17.2. The third-order valence-electron chi connectivity index (χ3n) is 5.20. The lowest BCUT2D eigenvalue weighted by Gasteiger charge is -2.14. The van der Waals surface area contributed by atoms with Crippen molar-refractivity contribution in [2.45, 2.75) is 39.0 Å². The summed E-state index contributed by atoms with van der Waals surface area (Å²) < 4.78 is 1.98. The van der Waals surface area contributed by atoms with E-state index in [4.69, 9.17) is 4.98 Å². The Bertz CT molecular complexity index is 888. The second-order valence-electron chi connectivity index (χ2n) is 7.64. The summed E-state index contributed by atoms with van der Waals surface area (Å²) in [6.07, 6.45) is 4.55. The van der Waals surface area contributed by atoms with Crippen LogP contribution in [0.5, 0.6) is 0 Å². The van der Waals surface area contributed by atoms with Gasteiger partial charge in [-0.3, -0.25) is 14.6 Å². The zero-order chi connectivity index (χ0) is 18.1. The maximum absolute atomic E-state index is 10.5. The van der Waals surface area contributed by atoms with Crippen molar-refractivity contribution in [2.75, 3.05) is 13.1 Å². The highest BCUT2D eigenvalue weighted by Gasteiger charge is 2.31. The summed E-state index contributed by atoms with van der Waals surface area (Å²) in [5, 5.41) is 16.1. The Balaban J connectivity index is 1.41. The van der Waals surface area contributed by atoms with Crippen molar-refractivity contribution in [1.82, 2.24) is 19.7 Å². The van der Waals surface area contributed by atoms with E-state index in [2.05, 4.69) is 48.2 Å². The predicted molar refractivity (Wildman–Crippen MR) is 103 cm³/mol. The summed E-state index contributed by atoms with van der Waals surface area (Å²) >= 11 is 0. The fourth-order valence-electron chi connectivity index (χ4n) is 3.76. The fraction of sp³-hybridized carbons (Fsp3) is 0.429. The van der Waals surface area contributed by atoms with Gasteiger partial charge < -0.3 is 5.11 Å². The lowest BCUT2D eigenvalue weighted by Crippen LogP contribution is -2.21. The first-order valence-corrected chi connectivity index (χ1v) is 9.36. The maximum atomic E-state index is 10.5. The molecule has 0 spiro atoms. The quantitative estimate of drug-likeness (QED) is 0.768. The van der Waals surface area contributed by atoms with Crippen molar-refractivity contribution in [3.8, 4) is 0 Å². The van der Waals surface area contributed by atoms with E-state index in [9.17, 15) is 5.11 Å². The number of rotatable bonds is 5. The predicted octanol–water partition coefficient (Wildman–Crippen LogP) is 3.05. The number of fused-ring (bicyclic) bond motifs is 1. The van der Waals surface area contributed by atoms with E-state index in [1.165, 1.54) is 5.56 Å². The number of likely N-dealkylation sites (tertiary alicyclic amines) is 1. The van der Waals surface area contributed by atoms with E-state index < -0.39 is 0 Å². The van der Waals surface area contributed by atoms with Crippen molar-refractivity contribution in [3.63, 3.8) is 0 Å². The van der Waals surface area contributed by atoms with Gasteiger partial charge in [-0.15, -0.1) is 0 Å². The summed E-state index contributed by atoms with van der Waals surface area (Å²) in [7, 11) is 0. The fourth-order valence-corrected chi connectivity index (χ4v) is 3.76. The zero-order valence-electron chi connectivity index (χ0n) is 15.4. The molecule has 5 heteroatoms. The monoisotopic (exact) mass is 350 g/mol. The van der Waals surface area contributed by atoms with E-state index in [1.54, 1.807) is 0 Å². The van der Waals surface area contributed by atoms with Gasteiger partial charge >= 0.3 is 0 Å². The van der Waals surface area contributed by atoms with E-state index in [0.717, 1.165) is 36.1 Å². The first-order valence-electron chi connectivity index (χ1n) is 9.36. The molecule has 0 saturated carbocycles. The van der Waals surface area contributed by atoms with Crippen LogP contribution in [0.3, 0.4) is 0 Å². The van der Waals surface area contributed by atoms with Crippen LogP contribution in [-0.2, 0) is 13.0 Å². The van der Waals surface area contributed by atoms with E-state index in [1.807, 2.05) is 29.1 Å². The van der Waals surface area contributed by atoms with Gasteiger partial charge in [0.15, 0.2) is 0 Å². The first-order chi connectivity index (χ1) is 12.6. The molecule has 4 rings (SSSR count). The standard InChI is InChI=1S/C21H26N4O/c1-15(2)25-12-16(10-22-25)11-24-13-18(21(26)14-24)9-19-8-7-17-5-3-4-6-20(17)23-19/h3-8,10,12,15,18,21,26H,9,11,13-14H2,1-2H3/t18-,21-/m1/s1. The summed E-state index contributed by atoms with van der Waals surface area (Å²) in [6.45, 7) is 6.70. The second kappa shape index (κ2) is 7.17. The van der Waals surface area contributed by atoms with Crippen LogP contribution < -0.4 is 0 Å². The molecule has 1 aliphatic rings. The average Bonchev–Trinajstić information content (AvgIpc) is 3.22. The number of aliphatic hydroxyl groups is 1. The number of nitrogens with zero attached hydrogens (tertiary/aromatic N) is 4. The molecule has 2 atom stereocenters. The van der Waals surface area contributed by atoms with Gasteiger partial charge in [-0.25, -0.2) is 0 Å². The molecule has 1 aliphatic heterocycles. The van der Waals surface area contributed by atoms with E-state index in [-0.39, 0.29) is 12.0 Å². The smallest absolute Gasteiger partial charge is 0.0711 e. The molecule has 0 aliphatic carbocycles. The number of hydrogen-bond acceptors (Lipinski definition) is 4. The minimum absolute atomic E-state index is 0.226. The van der Waals surface area contributed by atoms with Gasteiger partial charge in [0.25, 0.3) is 0 Å². The normalized spacial score (nSPS) is 21.1. The topological polar surface area (TPSA) is 54.2 Å². The van der Waals surface area contributed by atoms with Gasteiger partial charge in [0.2, 0.25) is 0 Å². The molecule has 1 fully saturated rings. The summed E-state index contributed by atoms with van der Waals surface area (Å²) in [6, 6.07) is 12.8. The molecule has 1 saturated heterocycles. The maximum Gasteiger partial charge on any atom is 0.0711 e. The molecular formula is C21H26N4O. The molecule has 3 aromatic rings. The minimum atomic E-state index is -0.302. The lowest BCUT2D eigenvalue weighted by molar-refractivity contribution is 0.140. The third kappa shape index (κ3) is 3.64. The number of β-amino-alcohol motifs (C(OH)–C–C–N with tert-alkyl or cyclic N) is 1. The Hall–Kier alpha value is -2.24. The van der Waals surface area contributed by atoms with Crippen LogP contribution in [0.25, 0.3) is 10.9 Å². The average molecular weight is 350 g/mol. The van der Waals surface area contributed by atoms with Crippen molar-refractivity contribution in [3.05, 3.63) is 60.0 Å². The number of aliphatic hydroxyl groups excluding tert-OH is 1. The van der Waals surface area contributed by atoms with Gasteiger partial charge in [0.1, 0.15) is 0 Å². The summed E-state index contributed by atoms with van der Waals surface area (Å²) in [4.78, 5) is 7.08. The molecule has 26 heavy (non-hydrogen) atoms. The molecule has 0 bridgehead atoms. The molecule has 0 unspecified atom stereocenters. The minimum Gasteiger partial charge on any atom is -0.391 e. The molecule has 1 N–H and O–H groups in total. The molecule has 5 nitrogen and oxygen atoms in total. The van der Waals surface area contributed by atoms with Gasteiger partial charge in [0, 0.05) is 54.4 Å². The van der Waals surface area contributed by atoms with Crippen molar-refractivity contribution in [2.24, 2.45) is 5.92 Å². The van der Waals surface area contributed by atoms with Crippen LogP contribution in [0.1, 0.15) is 31.1 Å². The molecule has 0 radical (unpaired) electrons. The largest absolute Gasteiger partial charge is 0.391 e. The Morgan fingerprint density at radius 1 is 1.15 bits per heavy atom. The molecule has 2 aromatic heterocycles. The van der Waals surface area contributed by atoms with Gasteiger partial charge in [-0.2, -0.15) is 5.10 Å². The van der Waals surface area contributed by atoms with Crippen molar-refractivity contribution >= 4 is 10.9 Å². The van der Waals surface area contributed by atoms with Gasteiger partial charge in [0.05, 0.1) is 17.8 Å². The highest BCUT2D eigenvalue weighted by Crippen LogP contribution is 2.23. The molecule has 3 heterocycles. The Morgan fingerprint density at radius 3 is 2.81 bits per heavy atom.